The number of aryl methyl sites for hydroxylation is 1. The minimum Gasteiger partial charge on any atom is -0.488 e. The number of carboxylic acids is 1. The average molecular weight is 293 g/mol. The summed E-state index contributed by atoms with van der Waals surface area (Å²) in [6.07, 6.45) is 0. The number of ether oxygens (including phenoxy) is 1. The number of carboxylic acid groups (broad SMARTS) is 1. The van der Waals surface area contributed by atoms with Crippen LogP contribution in [0.4, 0.5) is 5.69 Å². The Labute approximate surface area is 118 Å². The molecular weight excluding hydrogens is 282 g/mol. The highest BCUT2D eigenvalue weighted by Crippen LogP contribution is 2.29. The summed E-state index contributed by atoms with van der Waals surface area (Å²) >= 11 is 1.52. The molecule has 0 saturated heterocycles. The molecule has 0 unspecified atom stereocenters. The monoisotopic (exact) mass is 293 g/mol. The number of carbonyl (C=O) groups is 1. The normalized spacial score (nSPS) is 10.2. The van der Waals surface area contributed by atoms with Crippen LogP contribution in [0, 0.1) is 17.0 Å². The van der Waals surface area contributed by atoms with Gasteiger partial charge >= 0.3 is 5.97 Å². The zero-order chi connectivity index (χ0) is 14.7. The third-order valence-electron chi connectivity index (χ3n) is 2.65. The SMILES string of the molecule is Cc1cc(OCc2cccs2)cc(C(=O)O)c1[N+](=O)[O-]. The average Bonchev–Trinajstić information content (AvgIpc) is 2.88. The molecule has 0 saturated carbocycles. The van der Waals surface area contributed by atoms with Gasteiger partial charge in [-0.25, -0.2) is 4.79 Å². The molecule has 2 rings (SSSR count). The molecule has 0 aliphatic carbocycles. The molecule has 0 radical (unpaired) electrons. The first-order chi connectivity index (χ1) is 9.49. The number of nitro groups is 1. The summed E-state index contributed by atoms with van der Waals surface area (Å²) in [5.74, 6) is -1.04. The first kappa shape index (κ1) is 14.0. The lowest BCUT2D eigenvalue weighted by Gasteiger charge is -2.08. The largest absolute Gasteiger partial charge is 0.488 e. The number of aromatic carboxylic acids is 1. The van der Waals surface area contributed by atoms with Gasteiger partial charge in [-0.3, -0.25) is 10.1 Å². The Hall–Kier alpha value is -2.41. The van der Waals surface area contributed by atoms with Gasteiger partial charge in [0.1, 0.15) is 17.9 Å². The van der Waals surface area contributed by atoms with Crippen LogP contribution in [0.3, 0.4) is 0 Å². The highest BCUT2D eigenvalue weighted by molar-refractivity contribution is 7.09. The first-order valence-corrected chi connectivity index (χ1v) is 6.54. The molecule has 0 aliphatic heterocycles. The fourth-order valence-electron chi connectivity index (χ4n) is 1.78. The van der Waals surface area contributed by atoms with Crippen molar-refractivity contribution in [1.29, 1.82) is 0 Å². The van der Waals surface area contributed by atoms with Gasteiger partial charge in [0.2, 0.25) is 0 Å². The van der Waals surface area contributed by atoms with Crippen molar-refractivity contribution < 1.29 is 19.6 Å². The van der Waals surface area contributed by atoms with Gasteiger partial charge in [-0.15, -0.1) is 11.3 Å². The molecule has 1 N–H and O–H groups in total. The van der Waals surface area contributed by atoms with Crippen LogP contribution in [-0.4, -0.2) is 16.0 Å². The van der Waals surface area contributed by atoms with Crippen LogP contribution in [0.5, 0.6) is 5.75 Å². The second-order valence-corrected chi connectivity index (χ2v) is 5.10. The van der Waals surface area contributed by atoms with E-state index in [0.29, 0.717) is 12.4 Å². The van der Waals surface area contributed by atoms with Gasteiger partial charge in [0.25, 0.3) is 5.69 Å². The van der Waals surface area contributed by atoms with E-state index < -0.39 is 16.6 Å². The molecule has 0 spiro atoms. The van der Waals surface area contributed by atoms with E-state index in [4.69, 9.17) is 9.84 Å². The van der Waals surface area contributed by atoms with Crippen LogP contribution in [0.2, 0.25) is 0 Å². The van der Waals surface area contributed by atoms with Crippen molar-refractivity contribution in [2.75, 3.05) is 0 Å². The Balaban J connectivity index is 2.31. The fourth-order valence-corrected chi connectivity index (χ4v) is 2.40. The molecule has 7 heteroatoms. The lowest BCUT2D eigenvalue weighted by atomic mass is 10.1. The van der Waals surface area contributed by atoms with Crippen molar-refractivity contribution in [1.82, 2.24) is 0 Å². The molecule has 1 aromatic heterocycles. The quantitative estimate of drug-likeness (QED) is 0.675. The number of hydrogen-bond acceptors (Lipinski definition) is 5. The van der Waals surface area contributed by atoms with Gasteiger partial charge < -0.3 is 9.84 Å². The Morgan fingerprint density at radius 2 is 2.25 bits per heavy atom. The van der Waals surface area contributed by atoms with Crippen molar-refractivity contribution in [2.45, 2.75) is 13.5 Å². The molecular formula is C13H11NO5S. The molecule has 1 heterocycles. The van der Waals surface area contributed by atoms with Crippen LogP contribution in [0.25, 0.3) is 0 Å². The Morgan fingerprint density at radius 1 is 1.50 bits per heavy atom. The van der Waals surface area contributed by atoms with E-state index in [2.05, 4.69) is 0 Å². The number of hydrogen-bond donors (Lipinski definition) is 1. The summed E-state index contributed by atoms with van der Waals surface area (Å²) in [4.78, 5) is 22.3. The summed E-state index contributed by atoms with van der Waals surface area (Å²) in [5.41, 5.74) is -0.506. The number of rotatable bonds is 5. The van der Waals surface area contributed by atoms with Crippen molar-refractivity contribution in [3.63, 3.8) is 0 Å². The highest BCUT2D eigenvalue weighted by atomic mass is 32.1. The number of benzene rings is 1. The van der Waals surface area contributed by atoms with Gasteiger partial charge in [-0.1, -0.05) is 6.07 Å². The van der Waals surface area contributed by atoms with E-state index in [1.807, 2.05) is 17.5 Å². The summed E-state index contributed by atoms with van der Waals surface area (Å²) in [5, 5.41) is 21.9. The third kappa shape index (κ3) is 2.94. The summed E-state index contributed by atoms with van der Waals surface area (Å²) in [6, 6.07) is 6.42. The number of nitrogens with zero attached hydrogens (tertiary/aromatic N) is 1. The second-order valence-electron chi connectivity index (χ2n) is 4.07. The lowest BCUT2D eigenvalue weighted by molar-refractivity contribution is -0.385. The molecule has 104 valence electrons. The summed E-state index contributed by atoms with van der Waals surface area (Å²) in [6.45, 7) is 1.79. The number of thiophene rings is 1. The van der Waals surface area contributed by atoms with Crippen molar-refractivity contribution in [2.24, 2.45) is 0 Å². The summed E-state index contributed by atoms with van der Waals surface area (Å²) in [7, 11) is 0. The van der Waals surface area contributed by atoms with Crippen LogP contribution >= 0.6 is 11.3 Å². The van der Waals surface area contributed by atoms with E-state index in [1.54, 1.807) is 0 Å². The zero-order valence-corrected chi connectivity index (χ0v) is 11.3. The fraction of sp³-hybridized carbons (Fsp3) is 0.154. The van der Waals surface area contributed by atoms with Crippen LogP contribution in [0.15, 0.2) is 29.6 Å². The standard InChI is InChI=1S/C13H11NO5S/c1-8-5-9(19-7-10-3-2-4-20-10)6-11(13(15)16)12(8)14(17)18/h2-6H,7H2,1H3,(H,15,16). The molecule has 1 aromatic carbocycles. The maximum absolute atomic E-state index is 11.1. The van der Waals surface area contributed by atoms with E-state index >= 15 is 0 Å². The van der Waals surface area contributed by atoms with E-state index in [9.17, 15) is 14.9 Å². The predicted octanol–water partition coefficient (Wildman–Crippen LogP) is 3.24. The maximum Gasteiger partial charge on any atom is 0.342 e. The first-order valence-electron chi connectivity index (χ1n) is 5.66. The summed E-state index contributed by atoms with van der Waals surface area (Å²) < 4.78 is 5.48. The second kappa shape index (κ2) is 5.70. The van der Waals surface area contributed by atoms with Crippen molar-refractivity contribution in [3.8, 4) is 5.75 Å². The minimum atomic E-state index is -1.35. The van der Waals surface area contributed by atoms with Crippen molar-refractivity contribution >= 4 is 23.0 Å². The Bertz CT molecular complexity index is 651. The predicted molar refractivity (Wildman–Crippen MR) is 73.4 cm³/mol. The molecule has 0 amide bonds. The van der Waals surface area contributed by atoms with Crippen LogP contribution in [-0.2, 0) is 6.61 Å². The Kier molecular flexibility index (Phi) is 3.99. The van der Waals surface area contributed by atoms with Crippen LogP contribution < -0.4 is 4.74 Å². The number of nitro benzene ring substituents is 1. The molecule has 2 aromatic rings. The third-order valence-corrected chi connectivity index (χ3v) is 3.50. The van der Waals surface area contributed by atoms with Gasteiger partial charge in [-0.05, 0) is 24.4 Å². The molecule has 0 aliphatic rings. The van der Waals surface area contributed by atoms with Crippen molar-refractivity contribution in [3.05, 3.63) is 55.8 Å². The molecule has 0 fully saturated rings. The van der Waals surface area contributed by atoms with Gasteiger partial charge in [0, 0.05) is 16.5 Å². The van der Waals surface area contributed by atoms with Crippen LogP contribution in [0.1, 0.15) is 20.8 Å². The molecule has 0 bridgehead atoms. The van der Waals surface area contributed by atoms with E-state index in [1.165, 1.54) is 30.4 Å². The van der Waals surface area contributed by atoms with Gasteiger partial charge in [0.05, 0.1) is 4.92 Å². The van der Waals surface area contributed by atoms with Gasteiger partial charge in [-0.2, -0.15) is 0 Å². The van der Waals surface area contributed by atoms with Gasteiger partial charge in [0.15, 0.2) is 0 Å². The molecule has 6 nitrogen and oxygen atoms in total. The minimum absolute atomic E-state index is 0.260. The lowest BCUT2D eigenvalue weighted by Crippen LogP contribution is -2.05. The maximum atomic E-state index is 11.1. The van der Waals surface area contributed by atoms with E-state index in [0.717, 1.165) is 4.88 Å². The smallest absolute Gasteiger partial charge is 0.342 e. The zero-order valence-electron chi connectivity index (χ0n) is 10.5. The topological polar surface area (TPSA) is 89.7 Å². The molecule has 0 atom stereocenters. The molecule has 20 heavy (non-hydrogen) atoms. The Morgan fingerprint density at radius 3 is 2.80 bits per heavy atom. The highest BCUT2D eigenvalue weighted by Gasteiger charge is 2.24. The van der Waals surface area contributed by atoms with E-state index in [-0.39, 0.29) is 11.1 Å².